The zero-order valence-electron chi connectivity index (χ0n) is 23.0. The lowest BCUT2D eigenvalue weighted by Gasteiger charge is -2.34. The molecule has 0 aliphatic heterocycles. The molecule has 2 unspecified atom stereocenters. The molecule has 0 amide bonds. The molecule has 0 saturated carbocycles. The second-order valence-electron chi connectivity index (χ2n) is 10.3. The zero-order valence-corrected chi connectivity index (χ0v) is 23.0. The first-order chi connectivity index (χ1) is 16.6. The number of rotatable bonds is 23. The molecule has 0 radical (unpaired) electrons. The van der Waals surface area contributed by atoms with Gasteiger partial charge in [0.1, 0.15) is 12.6 Å². The molecule has 35 heavy (non-hydrogen) atoms. The van der Waals surface area contributed by atoms with Gasteiger partial charge in [-0.1, -0.05) is 71.6 Å². The lowest BCUT2D eigenvalue weighted by atomic mass is 10.1. The van der Waals surface area contributed by atoms with Crippen LogP contribution in [0.5, 0.6) is 0 Å². The Hall–Kier alpha value is -1.67. The minimum Gasteiger partial charge on any atom is -0.544 e. The second-order valence-corrected chi connectivity index (χ2v) is 10.3. The second kappa shape index (κ2) is 20.5. The molecule has 0 heterocycles. The fourth-order valence-corrected chi connectivity index (χ4v) is 3.77. The Kier molecular flexibility index (Phi) is 19.5. The molecule has 8 nitrogen and oxygen atoms in total. The maximum atomic E-state index is 12.3. The SMILES string of the molecule is CCCCCCCCCCC(=O)OC(COCCC(C(=O)[O-])[N+](C)(C)C)COC(=O)CCCCC. The van der Waals surface area contributed by atoms with Crippen molar-refractivity contribution in [1.29, 1.82) is 0 Å². The van der Waals surface area contributed by atoms with Crippen LogP contribution in [0.25, 0.3) is 0 Å². The molecule has 0 aliphatic carbocycles. The summed E-state index contributed by atoms with van der Waals surface area (Å²) >= 11 is 0. The summed E-state index contributed by atoms with van der Waals surface area (Å²) in [7, 11) is 5.36. The van der Waals surface area contributed by atoms with Gasteiger partial charge < -0.3 is 28.6 Å². The molecule has 0 aromatic heterocycles. The van der Waals surface area contributed by atoms with E-state index in [1.165, 1.54) is 32.1 Å². The van der Waals surface area contributed by atoms with Crippen molar-refractivity contribution in [2.75, 3.05) is 41.0 Å². The number of likely N-dealkylation sites (N-methyl/N-ethyl adjacent to an activating group) is 1. The summed E-state index contributed by atoms with van der Waals surface area (Å²) in [5.74, 6) is -1.77. The van der Waals surface area contributed by atoms with Gasteiger partial charge in [-0.25, -0.2) is 0 Å². The largest absolute Gasteiger partial charge is 0.544 e. The lowest BCUT2D eigenvalue weighted by molar-refractivity contribution is -0.889. The Morgan fingerprint density at radius 2 is 1.26 bits per heavy atom. The smallest absolute Gasteiger partial charge is 0.306 e. The first kappa shape index (κ1) is 33.3. The molecule has 206 valence electrons. The minimum absolute atomic E-state index is 0.0440. The summed E-state index contributed by atoms with van der Waals surface area (Å²) in [4.78, 5) is 35.7. The average Bonchev–Trinajstić information content (AvgIpc) is 2.77. The van der Waals surface area contributed by atoms with Gasteiger partial charge in [0.15, 0.2) is 6.10 Å². The summed E-state index contributed by atoms with van der Waals surface area (Å²) in [6, 6.07) is -0.714. The normalized spacial score (nSPS) is 13.3. The number of unbranched alkanes of at least 4 members (excludes halogenated alkanes) is 9. The average molecular weight is 502 g/mol. The van der Waals surface area contributed by atoms with Crippen molar-refractivity contribution in [2.24, 2.45) is 0 Å². The van der Waals surface area contributed by atoms with Crippen LogP contribution in [-0.4, -0.2) is 75.5 Å². The van der Waals surface area contributed by atoms with E-state index in [0.717, 1.165) is 38.5 Å². The number of aliphatic carboxylic acids is 1. The van der Waals surface area contributed by atoms with Crippen LogP contribution in [0.4, 0.5) is 0 Å². The van der Waals surface area contributed by atoms with Crippen LogP contribution in [-0.2, 0) is 28.6 Å². The van der Waals surface area contributed by atoms with Gasteiger partial charge in [-0.3, -0.25) is 9.59 Å². The van der Waals surface area contributed by atoms with Crippen molar-refractivity contribution in [3.63, 3.8) is 0 Å². The predicted octanol–water partition coefficient (Wildman–Crippen LogP) is 3.78. The van der Waals surface area contributed by atoms with Gasteiger partial charge in [-0.05, 0) is 12.8 Å². The quantitative estimate of drug-likeness (QED) is 0.119. The number of carbonyl (C=O) groups is 3. The molecule has 0 N–H and O–H groups in total. The third-order valence-electron chi connectivity index (χ3n) is 5.99. The van der Waals surface area contributed by atoms with Gasteiger partial charge in [-0.15, -0.1) is 0 Å². The summed E-state index contributed by atoms with van der Waals surface area (Å²) in [5, 5.41) is 11.4. The van der Waals surface area contributed by atoms with Gasteiger partial charge in [0, 0.05) is 19.3 Å². The monoisotopic (exact) mass is 501 g/mol. The van der Waals surface area contributed by atoms with Gasteiger partial charge in [-0.2, -0.15) is 0 Å². The van der Waals surface area contributed by atoms with Crippen molar-refractivity contribution in [2.45, 2.75) is 116 Å². The molecule has 8 heteroatoms. The van der Waals surface area contributed by atoms with Crippen molar-refractivity contribution in [3.05, 3.63) is 0 Å². The molecule has 0 spiro atoms. The van der Waals surface area contributed by atoms with E-state index in [4.69, 9.17) is 14.2 Å². The van der Waals surface area contributed by atoms with Crippen LogP contribution >= 0.6 is 0 Å². The molecule has 0 aliphatic rings. The molecular weight excluding hydrogens is 450 g/mol. The Balaban J connectivity index is 4.51. The number of quaternary nitrogens is 1. The number of nitrogens with zero attached hydrogens (tertiary/aromatic N) is 1. The Morgan fingerprint density at radius 3 is 1.83 bits per heavy atom. The summed E-state index contributed by atoms with van der Waals surface area (Å²) in [6.07, 6.45) is 12.1. The summed E-state index contributed by atoms with van der Waals surface area (Å²) < 4.78 is 16.7. The zero-order chi connectivity index (χ0) is 26.5. The fraction of sp³-hybridized carbons (Fsp3) is 0.889. The van der Waals surface area contributed by atoms with Gasteiger partial charge in [0.05, 0.1) is 40.3 Å². The van der Waals surface area contributed by atoms with E-state index in [1.54, 1.807) is 21.1 Å². The number of hydrogen-bond donors (Lipinski definition) is 0. The molecule has 0 bridgehead atoms. The number of hydrogen-bond acceptors (Lipinski definition) is 7. The van der Waals surface area contributed by atoms with Crippen molar-refractivity contribution >= 4 is 17.9 Å². The topological polar surface area (TPSA) is 102 Å². The maximum Gasteiger partial charge on any atom is 0.306 e. The lowest BCUT2D eigenvalue weighted by Crippen LogP contribution is -2.55. The maximum absolute atomic E-state index is 12.3. The van der Waals surface area contributed by atoms with E-state index in [9.17, 15) is 19.5 Å². The van der Waals surface area contributed by atoms with Crippen molar-refractivity contribution in [1.82, 2.24) is 0 Å². The molecular formula is C27H51NO7. The van der Waals surface area contributed by atoms with Crippen LogP contribution in [0.3, 0.4) is 0 Å². The number of ether oxygens (including phenoxy) is 3. The summed E-state index contributed by atoms with van der Waals surface area (Å²) in [5.41, 5.74) is 0. The number of carboxylic acids is 1. The molecule has 0 saturated heterocycles. The standard InChI is InChI=1S/C27H51NO7/c1-6-8-10-11-12-13-14-16-18-26(30)35-23(22-34-25(29)17-15-9-7-2)21-33-20-19-24(27(31)32)28(3,4)5/h23-24H,6-22H2,1-5H3. The van der Waals surface area contributed by atoms with Crippen molar-refractivity contribution < 1.29 is 38.2 Å². The van der Waals surface area contributed by atoms with Crippen molar-refractivity contribution in [3.8, 4) is 0 Å². The first-order valence-electron chi connectivity index (χ1n) is 13.6. The van der Waals surface area contributed by atoms with E-state index in [0.29, 0.717) is 12.8 Å². The third kappa shape index (κ3) is 19.2. The van der Waals surface area contributed by atoms with Crippen LogP contribution in [0.2, 0.25) is 0 Å². The third-order valence-corrected chi connectivity index (χ3v) is 5.99. The van der Waals surface area contributed by atoms with Crippen LogP contribution in [0.1, 0.15) is 104 Å². The van der Waals surface area contributed by atoms with E-state index in [1.807, 2.05) is 0 Å². The fourth-order valence-electron chi connectivity index (χ4n) is 3.77. The molecule has 0 aromatic rings. The highest BCUT2D eigenvalue weighted by Crippen LogP contribution is 2.12. The van der Waals surface area contributed by atoms with E-state index in [-0.39, 0.29) is 42.7 Å². The molecule has 0 rings (SSSR count). The number of carbonyl (C=O) groups excluding carboxylic acids is 3. The number of carboxylic acid groups (broad SMARTS) is 1. The molecule has 0 aromatic carbocycles. The minimum atomic E-state index is -1.13. The summed E-state index contributed by atoms with van der Waals surface area (Å²) in [6.45, 7) is 4.42. The van der Waals surface area contributed by atoms with Gasteiger partial charge in [0.2, 0.25) is 0 Å². The van der Waals surface area contributed by atoms with Crippen LogP contribution < -0.4 is 5.11 Å². The van der Waals surface area contributed by atoms with E-state index in [2.05, 4.69) is 13.8 Å². The molecule has 2 atom stereocenters. The van der Waals surface area contributed by atoms with Gasteiger partial charge >= 0.3 is 11.9 Å². The van der Waals surface area contributed by atoms with Crippen LogP contribution in [0, 0.1) is 0 Å². The van der Waals surface area contributed by atoms with Gasteiger partial charge in [0.25, 0.3) is 0 Å². The highest BCUT2D eigenvalue weighted by Gasteiger charge is 2.25. The Labute approximate surface area is 213 Å². The Bertz CT molecular complexity index is 574. The Morgan fingerprint density at radius 1 is 0.743 bits per heavy atom. The first-order valence-corrected chi connectivity index (χ1v) is 13.6. The van der Waals surface area contributed by atoms with Crippen LogP contribution in [0.15, 0.2) is 0 Å². The molecule has 0 fully saturated rings. The van der Waals surface area contributed by atoms with E-state index < -0.39 is 18.1 Å². The highest BCUT2D eigenvalue weighted by molar-refractivity contribution is 5.70. The van der Waals surface area contributed by atoms with E-state index >= 15 is 0 Å². The highest BCUT2D eigenvalue weighted by atomic mass is 16.6. The predicted molar refractivity (Wildman–Crippen MR) is 134 cm³/mol. The number of esters is 2.